The summed E-state index contributed by atoms with van der Waals surface area (Å²) in [7, 11) is 1.69. The predicted molar refractivity (Wildman–Crippen MR) is 87.0 cm³/mol. The fourth-order valence-corrected chi connectivity index (χ4v) is 2.02. The summed E-state index contributed by atoms with van der Waals surface area (Å²) in [5.41, 5.74) is 7.40. The van der Waals surface area contributed by atoms with E-state index >= 15 is 0 Å². The van der Waals surface area contributed by atoms with Crippen molar-refractivity contribution in [3.8, 4) is 0 Å². The summed E-state index contributed by atoms with van der Waals surface area (Å²) in [4.78, 5) is 18.2. The Bertz CT molecular complexity index is 658. The molecule has 0 saturated carbocycles. The molecular formula is C14H12BrN3OS. The van der Waals surface area contributed by atoms with E-state index in [4.69, 9.17) is 18.0 Å². The number of nitrogens with two attached hydrogens (primary N) is 1. The lowest BCUT2D eigenvalue weighted by atomic mass is 10.2. The molecule has 2 N–H and O–H groups in total. The lowest BCUT2D eigenvalue weighted by Gasteiger charge is -2.17. The van der Waals surface area contributed by atoms with Gasteiger partial charge in [0.1, 0.15) is 10.7 Å². The Morgan fingerprint density at radius 2 is 2.10 bits per heavy atom. The molecule has 0 aliphatic heterocycles. The van der Waals surface area contributed by atoms with E-state index in [1.165, 1.54) is 4.90 Å². The fraction of sp³-hybridized carbons (Fsp3) is 0.0714. The molecule has 0 fully saturated rings. The average molecular weight is 350 g/mol. The molecular weight excluding hydrogens is 338 g/mol. The summed E-state index contributed by atoms with van der Waals surface area (Å²) in [5.74, 6) is -0.197. The van der Waals surface area contributed by atoms with E-state index in [9.17, 15) is 4.79 Å². The lowest BCUT2D eigenvalue weighted by molar-refractivity contribution is 0.0988. The van der Waals surface area contributed by atoms with Crippen LogP contribution in [0.5, 0.6) is 0 Å². The highest BCUT2D eigenvalue weighted by Crippen LogP contribution is 2.17. The Morgan fingerprint density at radius 3 is 2.70 bits per heavy atom. The number of pyridine rings is 1. The topological polar surface area (TPSA) is 59.2 Å². The highest BCUT2D eigenvalue weighted by atomic mass is 79.9. The number of carbonyl (C=O) groups excluding carboxylic acids is 1. The SMILES string of the molecule is CN(C(=O)c1ccc(Br)cn1)c1cccc(C(N)=S)c1. The molecule has 2 aromatic rings. The Balaban J connectivity index is 2.28. The number of hydrogen-bond acceptors (Lipinski definition) is 3. The molecule has 4 nitrogen and oxygen atoms in total. The zero-order valence-electron chi connectivity index (χ0n) is 10.7. The number of amides is 1. The maximum atomic E-state index is 12.3. The zero-order chi connectivity index (χ0) is 14.7. The summed E-state index contributed by atoms with van der Waals surface area (Å²) >= 11 is 8.22. The van der Waals surface area contributed by atoms with Crippen LogP contribution in [-0.4, -0.2) is 22.9 Å². The Morgan fingerprint density at radius 1 is 1.35 bits per heavy atom. The molecule has 0 unspecified atom stereocenters. The molecule has 0 aliphatic carbocycles. The standard InChI is InChI=1S/C14H12BrN3OS/c1-18(11-4-2-3-9(7-11)13(16)20)14(19)12-6-5-10(15)8-17-12/h2-8H,1H3,(H2,16,20). The molecule has 0 bridgehead atoms. The molecule has 1 aromatic carbocycles. The first kappa shape index (κ1) is 14.6. The normalized spacial score (nSPS) is 10.1. The highest BCUT2D eigenvalue weighted by Gasteiger charge is 2.15. The van der Waals surface area contributed by atoms with Gasteiger partial charge < -0.3 is 10.6 Å². The maximum absolute atomic E-state index is 12.3. The van der Waals surface area contributed by atoms with Crippen LogP contribution in [0.3, 0.4) is 0 Å². The number of thiocarbonyl (C=S) groups is 1. The van der Waals surface area contributed by atoms with Crippen molar-refractivity contribution in [2.24, 2.45) is 5.73 Å². The van der Waals surface area contributed by atoms with Gasteiger partial charge in [-0.3, -0.25) is 4.79 Å². The molecule has 0 radical (unpaired) electrons. The van der Waals surface area contributed by atoms with Crippen molar-refractivity contribution in [3.63, 3.8) is 0 Å². The Hall–Kier alpha value is -1.79. The van der Waals surface area contributed by atoms with E-state index in [1.807, 2.05) is 18.2 Å². The van der Waals surface area contributed by atoms with Gasteiger partial charge in [-0.25, -0.2) is 4.98 Å². The van der Waals surface area contributed by atoms with Crippen molar-refractivity contribution in [1.29, 1.82) is 0 Å². The Labute approximate surface area is 130 Å². The van der Waals surface area contributed by atoms with E-state index in [1.54, 1.807) is 31.4 Å². The largest absolute Gasteiger partial charge is 0.389 e. The number of hydrogen-bond donors (Lipinski definition) is 1. The number of halogens is 1. The van der Waals surface area contributed by atoms with Crippen molar-refractivity contribution in [2.75, 3.05) is 11.9 Å². The molecule has 1 aromatic heterocycles. The minimum Gasteiger partial charge on any atom is -0.389 e. The van der Waals surface area contributed by atoms with Gasteiger partial charge in [-0.05, 0) is 40.2 Å². The van der Waals surface area contributed by atoms with Crippen LogP contribution in [0.4, 0.5) is 5.69 Å². The van der Waals surface area contributed by atoms with Crippen molar-refractivity contribution in [1.82, 2.24) is 4.98 Å². The molecule has 0 spiro atoms. The van der Waals surface area contributed by atoms with Crippen LogP contribution < -0.4 is 10.6 Å². The second-order valence-corrected chi connectivity index (χ2v) is 5.50. The van der Waals surface area contributed by atoms with Gasteiger partial charge in [0.15, 0.2) is 0 Å². The van der Waals surface area contributed by atoms with Gasteiger partial charge in [-0.2, -0.15) is 0 Å². The second-order valence-electron chi connectivity index (χ2n) is 4.14. The quantitative estimate of drug-likeness (QED) is 0.865. The lowest BCUT2D eigenvalue weighted by Crippen LogP contribution is -2.27. The number of aromatic nitrogens is 1. The van der Waals surface area contributed by atoms with E-state index in [0.717, 1.165) is 10.0 Å². The van der Waals surface area contributed by atoms with Crippen molar-refractivity contribution < 1.29 is 4.79 Å². The van der Waals surface area contributed by atoms with E-state index in [0.29, 0.717) is 16.4 Å². The summed E-state index contributed by atoms with van der Waals surface area (Å²) < 4.78 is 0.826. The van der Waals surface area contributed by atoms with Crippen LogP contribution in [0, 0.1) is 0 Å². The Kier molecular flexibility index (Phi) is 4.46. The highest BCUT2D eigenvalue weighted by molar-refractivity contribution is 9.10. The molecule has 1 amide bonds. The molecule has 102 valence electrons. The molecule has 6 heteroatoms. The molecule has 0 saturated heterocycles. The van der Waals surface area contributed by atoms with Gasteiger partial charge in [-0.15, -0.1) is 0 Å². The van der Waals surface area contributed by atoms with Gasteiger partial charge in [0, 0.05) is 29.0 Å². The van der Waals surface area contributed by atoms with Crippen LogP contribution in [0.1, 0.15) is 16.1 Å². The summed E-state index contributed by atoms with van der Waals surface area (Å²) in [5, 5.41) is 0. The summed E-state index contributed by atoms with van der Waals surface area (Å²) in [6, 6.07) is 10.7. The monoisotopic (exact) mass is 349 g/mol. The third-order valence-corrected chi connectivity index (χ3v) is 3.47. The van der Waals surface area contributed by atoms with E-state index in [-0.39, 0.29) is 5.91 Å². The fourth-order valence-electron chi connectivity index (χ4n) is 1.66. The van der Waals surface area contributed by atoms with Crippen molar-refractivity contribution >= 4 is 44.7 Å². The van der Waals surface area contributed by atoms with Crippen molar-refractivity contribution in [2.45, 2.75) is 0 Å². The molecule has 0 atom stereocenters. The van der Waals surface area contributed by atoms with Crippen LogP contribution in [0.2, 0.25) is 0 Å². The molecule has 2 rings (SSSR count). The number of anilines is 1. The minimum absolute atomic E-state index is 0.197. The van der Waals surface area contributed by atoms with Crippen molar-refractivity contribution in [3.05, 3.63) is 58.3 Å². The minimum atomic E-state index is -0.197. The molecule has 1 heterocycles. The van der Waals surface area contributed by atoms with Crippen LogP contribution in [0.25, 0.3) is 0 Å². The second kappa shape index (κ2) is 6.11. The van der Waals surface area contributed by atoms with Crippen LogP contribution in [-0.2, 0) is 0 Å². The maximum Gasteiger partial charge on any atom is 0.276 e. The summed E-state index contributed by atoms with van der Waals surface area (Å²) in [6.45, 7) is 0. The number of nitrogens with zero attached hydrogens (tertiary/aromatic N) is 2. The first-order valence-corrected chi connectivity index (χ1v) is 6.98. The van der Waals surface area contributed by atoms with E-state index < -0.39 is 0 Å². The predicted octanol–water partition coefficient (Wildman–Crippen LogP) is 2.75. The molecule has 0 aliphatic rings. The first-order chi connectivity index (χ1) is 9.49. The van der Waals surface area contributed by atoms with Gasteiger partial charge in [0.2, 0.25) is 0 Å². The van der Waals surface area contributed by atoms with Crippen LogP contribution in [0.15, 0.2) is 47.1 Å². The molecule has 20 heavy (non-hydrogen) atoms. The third-order valence-electron chi connectivity index (χ3n) is 2.77. The summed E-state index contributed by atoms with van der Waals surface area (Å²) in [6.07, 6.45) is 1.59. The number of benzene rings is 1. The zero-order valence-corrected chi connectivity index (χ0v) is 13.1. The third kappa shape index (κ3) is 3.20. The van der Waals surface area contributed by atoms with E-state index in [2.05, 4.69) is 20.9 Å². The van der Waals surface area contributed by atoms with Gasteiger partial charge in [0.05, 0.1) is 0 Å². The van der Waals surface area contributed by atoms with Crippen LogP contribution >= 0.6 is 28.1 Å². The average Bonchev–Trinajstić information content (AvgIpc) is 2.46. The number of carbonyl (C=O) groups is 1. The van der Waals surface area contributed by atoms with Gasteiger partial charge >= 0.3 is 0 Å². The first-order valence-electron chi connectivity index (χ1n) is 5.78. The smallest absolute Gasteiger partial charge is 0.276 e. The number of rotatable bonds is 3. The van der Waals surface area contributed by atoms with Gasteiger partial charge in [-0.1, -0.05) is 24.4 Å². The van der Waals surface area contributed by atoms with Gasteiger partial charge in [0.25, 0.3) is 5.91 Å².